The van der Waals surface area contributed by atoms with Crippen molar-refractivity contribution in [1.29, 1.82) is 0 Å². The Hall–Kier alpha value is -0.570. The number of likely N-dealkylation sites (tertiary alicyclic amines) is 1. The lowest BCUT2D eigenvalue weighted by Crippen LogP contribution is -2.51. The highest BCUT2D eigenvalue weighted by atomic mass is 16.4. The second-order valence-corrected chi connectivity index (χ2v) is 5.33. The predicted molar refractivity (Wildman–Crippen MR) is 58.7 cm³/mol. The largest absolute Gasteiger partial charge is 0.481 e. The molecule has 0 aromatic heterocycles. The van der Waals surface area contributed by atoms with Gasteiger partial charge in [-0.3, -0.25) is 9.69 Å². The summed E-state index contributed by atoms with van der Waals surface area (Å²) in [5, 5.41) is 8.72. The molecule has 1 aliphatic carbocycles. The Kier molecular flexibility index (Phi) is 3.29. The number of hydrogen-bond acceptors (Lipinski definition) is 2. The molecule has 1 saturated carbocycles. The van der Waals surface area contributed by atoms with Gasteiger partial charge in [-0.2, -0.15) is 0 Å². The molecule has 0 amide bonds. The van der Waals surface area contributed by atoms with Crippen LogP contribution >= 0.6 is 0 Å². The molecule has 86 valence electrons. The minimum Gasteiger partial charge on any atom is -0.481 e. The zero-order chi connectivity index (χ0) is 10.8. The van der Waals surface area contributed by atoms with Crippen LogP contribution in [0.3, 0.4) is 0 Å². The molecule has 1 saturated heterocycles. The highest BCUT2D eigenvalue weighted by Gasteiger charge is 2.32. The molecule has 0 bridgehead atoms. The van der Waals surface area contributed by atoms with Crippen molar-refractivity contribution < 1.29 is 9.90 Å². The summed E-state index contributed by atoms with van der Waals surface area (Å²) in [7, 11) is 0. The third-order valence-electron chi connectivity index (χ3n) is 3.89. The number of nitrogens with zero attached hydrogens (tertiary/aromatic N) is 1. The topological polar surface area (TPSA) is 40.5 Å². The van der Waals surface area contributed by atoms with Crippen LogP contribution in [0.1, 0.15) is 39.0 Å². The molecule has 0 unspecified atom stereocenters. The Labute approximate surface area is 91.5 Å². The summed E-state index contributed by atoms with van der Waals surface area (Å²) in [6, 6.07) is 0.756. The summed E-state index contributed by atoms with van der Waals surface area (Å²) >= 11 is 0. The SMILES string of the molecule is CC1CN(C2CCC(CC(=O)O)CC2)C1. The van der Waals surface area contributed by atoms with Gasteiger partial charge < -0.3 is 5.11 Å². The van der Waals surface area contributed by atoms with Gasteiger partial charge in [-0.05, 0) is 37.5 Å². The summed E-state index contributed by atoms with van der Waals surface area (Å²) < 4.78 is 0. The van der Waals surface area contributed by atoms with E-state index in [2.05, 4.69) is 11.8 Å². The van der Waals surface area contributed by atoms with Crippen LogP contribution in [-0.2, 0) is 4.79 Å². The smallest absolute Gasteiger partial charge is 0.303 e. The summed E-state index contributed by atoms with van der Waals surface area (Å²) in [5.74, 6) is 0.690. The van der Waals surface area contributed by atoms with Crippen LogP contribution < -0.4 is 0 Å². The van der Waals surface area contributed by atoms with Crippen LogP contribution in [0.15, 0.2) is 0 Å². The maximum absolute atomic E-state index is 10.6. The van der Waals surface area contributed by atoms with Crippen molar-refractivity contribution in [2.24, 2.45) is 11.8 Å². The minimum atomic E-state index is -0.629. The molecule has 0 spiro atoms. The second kappa shape index (κ2) is 4.52. The highest BCUT2D eigenvalue weighted by Crippen LogP contribution is 2.32. The molecule has 15 heavy (non-hydrogen) atoms. The van der Waals surface area contributed by atoms with E-state index in [0.29, 0.717) is 12.3 Å². The molecule has 3 heteroatoms. The molecule has 0 atom stereocenters. The summed E-state index contributed by atoms with van der Waals surface area (Å²) in [6.07, 6.45) is 5.03. The van der Waals surface area contributed by atoms with Gasteiger partial charge in [0.1, 0.15) is 0 Å². The Morgan fingerprint density at radius 2 is 1.87 bits per heavy atom. The Morgan fingerprint density at radius 3 is 2.33 bits per heavy atom. The van der Waals surface area contributed by atoms with Gasteiger partial charge in [-0.1, -0.05) is 6.92 Å². The third kappa shape index (κ3) is 2.71. The molecule has 3 nitrogen and oxygen atoms in total. The first-order valence-electron chi connectivity index (χ1n) is 6.11. The molecule has 1 heterocycles. The van der Waals surface area contributed by atoms with Crippen LogP contribution in [0.25, 0.3) is 0 Å². The Balaban J connectivity index is 1.70. The van der Waals surface area contributed by atoms with Gasteiger partial charge in [0, 0.05) is 25.6 Å². The van der Waals surface area contributed by atoms with E-state index < -0.39 is 5.97 Å². The molecule has 2 rings (SSSR count). The van der Waals surface area contributed by atoms with Gasteiger partial charge in [-0.15, -0.1) is 0 Å². The predicted octanol–water partition coefficient (Wildman–Crippen LogP) is 1.97. The van der Waals surface area contributed by atoms with Gasteiger partial charge in [0.05, 0.1) is 0 Å². The Morgan fingerprint density at radius 1 is 1.27 bits per heavy atom. The summed E-state index contributed by atoms with van der Waals surface area (Å²) in [5.41, 5.74) is 0. The fraction of sp³-hybridized carbons (Fsp3) is 0.917. The van der Waals surface area contributed by atoms with Crippen LogP contribution in [0, 0.1) is 11.8 Å². The molecule has 1 aliphatic heterocycles. The van der Waals surface area contributed by atoms with Gasteiger partial charge in [0.25, 0.3) is 0 Å². The summed E-state index contributed by atoms with van der Waals surface area (Å²) in [6.45, 7) is 4.81. The average Bonchev–Trinajstić information content (AvgIpc) is 2.14. The lowest BCUT2D eigenvalue weighted by molar-refractivity contribution is -0.138. The zero-order valence-corrected chi connectivity index (χ0v) is 9.48. The van der Waals surface area contributed by atoms with E-state index in [4.69, 9.17) is 5.11 Å². The van der Waals surface area contributed by atoms with Crippen molar-refractivity contribution in [3.8, 4) is 0 Å². The highest BCUT2D eigenvalue weighted by molar-refractivity contribution is 5.67. The van der Waals surface area contributed by atoms with Crippen molar-refractivity contribution >= 4 is 5.97 Å². The average molecular weight is 211 g/mol. The number of hydrogen-bond donors (Lipinski definition) is 1. The second-order valence-electron chi connectivity index (χ2n) is 5.33. The third-order valence-corrected chi connectivity index (χ3v) is 3.89. The zero-order valence-electron chi connectivity index (χ0n) is 9.48. The van der Waals surface area contributed by atoms with Crippen molar-refractivity contribution in [1.82, 2.24) is 4.90 Å². The number of carboxylic acids is 1. The molecule has 2 fully saturated rings. The molecule has 0 aromatic carbocycles. The molecular weight excluding hydrogens is 190 g/mol. The molecule has 0 aromatic rings. The van der Waals surface area contributed by atoms with Crippen LogP contribution in [0.4, 0.5) is 0 Å². The Bertz CT molecular complexity index is 228. The van der Waals surface area contributed by atoms with E-state index in [1.165, 1.54) is 25.9 Å². The maximum atomic E-state index is 10.6. The van der Waals surface area contributed by atoms with E-state index in [0.717, 1.165) is 24.8 Å². The minimum absolute atomic E-state index is 0.378. The maximum Gasteiger partial charge on any atom is 0.303 e. The van der Waals surface area contributed by atoms with Gasteiger partial charge in [0.2, 0.25) is 0 Å². The van der Waals surface area contributed by atoms with Gasteiger partial charge >= 0.3 is 5.97 Å². The van der Waals surface area contributed by atoms with Crippen LogP contribution in [0.2, 0.25) is 0 Å². The van der Waals surface area contributed by atoms with Crippen molar-refractivity contribution in [2.45, 2.75) is 45.1 Å². The van der Waals surface area contributed by atoms with E-state index >= 15 is 0 Å². The van der Waals surface area contributed by atoms with E-state index in [1.807, 2.05) is 0 Å². The van der Waals surface area contributed by atoms with Gasteiger partial charge in [-0.25, -0.2) is 0 Å². The van der Waals surface area contributed by atoms with Gasteiger partial charge in [0.15, 0.2) is 0 Å². The van der Waals surface area contributed by atoms with E-state index in [-0.39, 0.29) is 0 Å². The standard InChI is InChI=1S/C12H21NO2/c1-9-7-13(8-9)11-4-2-10(3-5-11)6-12(14)15/h9-11H,2-8H2,1H3,(H,14,15). The fourth-order valence-corrected chi connectivity index (χ4v) is 3.01. The van der Waals surface area contributed by atoms with E-state index in [1.54, 1.807) is 0 Å². The number of carbonyl (C=O) groups is 1. The molecule has 2 aliphatic rings. The first-order valence-corrected chi connectivity index (χ1v) is 6.11. The number of aliphatic carboxylic acids is 1. The normalized spacial score (nSPS) is 33.7. The number of rotatable bonds is 3. The van der Waals surface area contributed by atoms with Crippen LogP contribution in [-0.4, -0.2) is 35.1 Å². The molecular formula is C12H21NO2. The van der Waals surface area contributed by atoms with Crippen LogP contribution in [0.5, 0.6) is 0 Å². The molecule has 1 N–H and O–H groups in total. The quantitative estimate of drug-likeness (QED) is 0.776. The van der Waals surface area contributed by atoms with Crippen molar-refractivity contribution in [3.63, 3.8) is 0 Å². The van der Waals surface area contributed by atoms with E-state index in [9.17, 15) is 4.79 Å². The summed E-state index contributed by atoms with van der Waals surface area (Å²) in [4.78, 5) is 13.2. The van der Waals surface area contributed by atoms with Crippen molar-refractivity contribution in [3.05, 3.63) is 0 Å². The van der Waals surface area contributed by atoms with Crippen molar-refractivity contribution in [2.75, 3.05) is 13.1 Å². The molecule has 0 radical (unpaired) electrons. The lowest BCUT2D eigenvalue weighted by Gasteiger charge is -2.45. The first-order chi connectivity index (χ1) is 7.15. The fourth-order valence-electron chi connectivity index (χ4n) is 3.01. The number of carboxylic acid groups (broad SMARTS) is 1. The first kappa shape index (κ1) is 10.9. The monoisotopic (exact) mass is 211 g/mol. The lowest BCUT2D eigenvalue weighted by atomic mass is 9.82.